The molecule has 0 saturated carbocycles. The van der Waals surface area contributed by atoms with E-state index in [1.54, 1.807) is 19.1 Å². The molecule has 5 nitrogen and oxygen atoms in total. The molecule has 0 bridgehead atoms. The van der Waals surface area contributed by atoms with E-state index >= 15 is 0 Å². The zero-order valence-corrected chi connectivity index (χ0v) is 14.6. The van der Waals surface area contributed by atoms with Gasteiger partial charge in [0.1, 0.15) is 4.32 Å². The lowest BCUT2D eigenvalue weighted by Crippen LogP contribution is -2.31. The van der Waals surface area contributed by atoms with E-state index < -0.39 is 12.1 Å². The number of para-hydroxylation sites is 1. The maximum absolute atomic E-state index is 12.0. The van der Waals surface area contributed by atoms with Crippen LogP contribution in [0.25, 0.3) is 0 Å². The Balaban J connectivity index is 1.71. The number of amides is 1. The first-order valence-electron chi connectivity index (χ1n) is 7.53. The molecule has 1 aromatic carbocycles. The van der Waals surface area contributed by atoms with Gasteiger partial charge in [0, 0.05) is 18.8 Å². The van der Waals surface area contributed by atoms with Crippen LogP contribution in [0.5, 0.6) is 0 Å². The highest BCUT2D eigenvalue weighted by atomic mass is 32.2. The second-order valence-electron chi connectivity index (χ2n) is 5.24. The summed E-state index contributed by atoms with van der Waals surface area (Å²) >= 11 is 6.58. The Kier molecular flexibility index (Phi) is 6.85. The quantitative estimate of drug-likeness (QED) is 0.649. The molecule has 1 atom stereocenters. The number of hydrogen-bond acceptors (Lipinski definition) is 5. The van der Waals surface area contributed by atoms with Crippen molar-refractivity contribution in [2.45, 2.75) is 25.9 Å². The van der Waals surface area contributed by atoms with Crippen LogP contribution in [0, 0.1) is 0 Å². The molecule has 0 radical (unpaired) electrons. The fourth-order valence-corrected chi connectivity index (χ4v) is 3.20. The van der Waals surface area contributed by atoms with Crippen molar-refractivity contribution >= 4 is 45.9 Å². The number of anilines is 1. The van der Waals surface area contributed by atoms with Crippen LogP contribution >= 0.6 is 24.0 Å². The molecule has 0 aliphatic carbocycles. The smallest absolute Gasteiger partial charge is 0.317 e. The third kappa shape index (κ3) is 5.84. The molecule has 23 heavy (non-hydrogen) atoms. The maximum Gasteiger partial charge on any atom is 0.317 e. The Bertz CT molecular complexity index is 560. The number of carbonyl (C=O) groups excluding carboxylic acids is 2. The van der Waals surface area contributed by atoms with Crippen LogP contribution in [0.1, 0.15) is 19.8 Å². The molecule has 1 fully saturated rings. The van der Waals surface area contributed by atoms with Crippen LogP contribution in [-0.2, 0) is 14.3 Å². The number of benzene rings is 1. The molecular formula is C16H20N2O3S2. The van der Waals surface area contributed by atoms with Gasteiger partial charge in [-0.05, 0) is 31.9 Å². The van der Waals surface area contributed by atoms with E-state index in [2.05, 4.69) is 10.2 Å². The van der Waals surface area contributed by atoms with Gasteiger partial charge in [0.15, 0.2) is 6.10 Å². The zero-order chi connectivity index (χ0) is 16.7. The number of thioether (sulfide) groups is 1. The van der Waals surface area contributed by atoms with E-state index in [0.717, 1.165) is 30.3 Å². The molecule has 1 heterocycles. The summed E-state index contributed by atoms with van der Waals surface area (Å²) in [5.74, 6) is -0.665. The molecule has 1 amide bonds. The summed E-state index contributed by atoms with van der Waals surface area (Å²) in [6.45, 7) is 3.47. The summed E-state index contributed by atoms with van der Waals surface area (Å²) in [6, 6.07) is 9.05. The summed E-state index contributed by atoms with van der Waals surface area (Å²) in [5, 5.41) is 2.70. The van der Waals surface area contributed by atoms with Gasteiger partial charge in [-0.15, -0.1) is 0 Å². The first kappa shape index (κ1) is 17.7. The van der Waals surface area contributed by atoms with Crippen molar-refractivity contribution in [1.82, 2.24) is 4.90 Å². The van der Waals surface area contributed by atoms with Crippen molar-refractivity contribution < 1.29 is 14.3 Å². The lowest BCUT2D eigenvalue weighted by atomic mass is 10.3. The van der Waals surface area contributed by atoms with Crippen molar-refractivity contribution in [3.8, 4) is 0 Å². The summed E-state index contributed by atoms with van der Waals surface area (Å²) in [6.07, 6.45) is 1.44. The lowest BCUT2D eigenvalue weighted by molar-refractivity contribution is -0.150. The van der Waals surface area contributed by atoms with Crippen LogP contribution in [0.3, 0.4) is 0 Å². The summed E-state index contributed by atoms with van der Waals surface area (Å²) < 4.78 is 5.87. The minimum atomic E-state index is -0.844. The molecule has 0 unspecified atom stereocenters. The van der Waals surface area contributed by atoms with Crippen molar-refractivity contribution in [2.75, 3.05) is 24.2 Å². The first-order chi connectivity index (χ1) is 11.1. The number of likely N-dealkylation sites (tertiary alicyclic amines) is 1. The topological polar surface area (TPSA) is 58.6 Å². The van der Waals surface area contributed by atoms with Crippen molar-refractivity contribution in [2.24, 2.45) is 0 Å². The summed E-state index contributed by atoms with van der Waals surface area (Å²) in [7, 11) is 0. The average Bonchev–Trinajstić information content (AvgIpc) is 3.08. The lowest BCUT2D eigenvalue weighted by Gasteiger charge is -2.18. The van der Waals surface area contributed by atoms with E-state index in [1.165, 1.54) is 11.8 Å². The van der Waals surface area contributed by atoms with Gasteiger partial charge in [0.05, 0.1) is 5.75 Å². The monoisotopic (exact) mass is 352 g/mol. The maximum atomic E-state index is 12.0. The molecule has 1 aliphatic heterocycles. The van der Waals surface area contributed by atoms with Crippen LogP contribution in [0.15, 0.2) is 30.3 Å². The largest absolute Gasteiger partial charge is 0.452 e. The van der Waals surface area contributed by atoms with E-state index in [9.17, 15) is 9.59 Å². The molecule has 1 saturated heterocycles. The average molecular weight is 352 g/mol. The summed E-state index contributed by atoms with van der Waals surface area (Å²) in [4.78, 5) is 25.9. The molecule has 1 N–H and O–H groups in total. The van der Waals surface area contributed by atoms with Crippen LogP contribution < -0.4 is 5.32 Å². The third-order valence-electron chi connectivity index (χ3n) is 3.40. The predicted molar refractivity (Wildman–Crippen MR) is 96.5 cm³/mol. The van der Waals surface area contributed by atoms with E-state index in [1.807, 2.05) is 18.2 Å². The second kappa shape index (κ2) is 8.88. The molecule has 1 aliphatic rings. The van der Waals surface area contributed by atoms with E-state index in [-0.39, 0.29) is 11.7 Å². The first-order valence-corrected chi connectivity index (χ1v) is 8.93. The highest BCUT2D eigenvalue weighted by molar-refractivity contribution is 8.23. The van der Waals surface area contributed by atoms with Gasteiger partial charge in [0.2, 0.25) is 0 Å². The Morgan fingerprint density at radius 1 is 1.30 bits per heavy atom. The third-order valence-corrected chi connectivity index (χ3v) is 4.89. The molecule has 1 aromatic rings. The van der Waals surface area contributed by atoms with Gasteiger partial charge in [-0.25, -0.2) is 0 Å². The minimum Gasteiger partial charge on any atom is -0.452 e. The molecular weight excluding hydrogens is 332 g/mol. The van der Waals surface area contributed by atoms with Gasteiger partial charge in [-0.3, -0.25) is 9.59 Å². The Hall–Kier alpha value is -1.60. The predicted octanol–water partition coefficient (Wildman–Crippen LogP) is 2.67. The van der Waals surface area contributed by atoms with Gasteiger partial charge < -0.3 is 15.0 Å². The van der Waals surface area contributed by atoms with Crippen LogP contribution in [0.4, 0.5) is 5.69 Å². The fourth-order valence-electron chi connectivity index (χ4n) is 2.16. The number of nitrogens with zero attached hydrogens (tertiary/aromatic N) is 1. The fraction of sp³-hybridized carbons (Fsp3) is 0.438. The Morgan fingerprint density at radius 3 is 2.61 bits per heavy atom. The van der Waals surface area contributed by atoms with Crippen molar-refractivity contribution in [3.63, 3.8) is 0 Å². The second-order valence-corrected chi connectivity index (χ2v) is 6.85. The van der Waals surface area contributed by atoms with E-state index in [4.69, 9.17) is 17.0 Å². The zero-order valence-electron chi connectivity index (χ0n) is 13.0. The van der Waals surface area contributed by atoms with Crippen molar-refractivity contribution in [3.05, 3.63) is 30.3 Å². The van der Waals surface area contributed by atoms with Gasteiger partial charge in [0.25, 0.3) is 5.91 Å². The van der Waals surface area contributed by atoms with Crippen LogP contribution in [0.2, 0.25) is 0 Å². The highest BCUT2D eigenvalue weighted by Crippen LogP contribution is 2.16. The molecule has 2 rings (SSSR count). The van der Waals surface area contributed by atoms with Gasteiger partial charge in [-0.2, -0.15) is 0 Å². The van der Waals surface area contributed by atoms with Crippen molar-refractivity contribution in [1.29, 1.82) is 0 Å². The normalized spacial score (nSPS) is 15.1. The number of rotatable bonds is 5. The number of carbonyl (C=O) groups is 2. The van der Waals surface area contributed by atoms with Gasteiger partial charge >= 0.3 is 5.97 Å². The standard InChI is InChI=1S/C16H20N2O3S2/c1-12(15(20)17-13-7-3-2-4-8-13)21-14(19)11-23-16(22)18-9-5-6-10-18/h2-4,7-8,12H,5-6,9-11H2,1H3,(H,17,20)/t12-/m0/s1. The molecule has 7 heteroatoms. The minimum absolute atomic E-state index is 0.123. The van der Waals surface area contributed by atoms with Crippen LogP contribution in [-0.4, -0.2) is 46.0 Å². The SMILES string of the molecule is C[C@H](OC(=O)CSC(=S)N1CCCC1)C(=O)Nc1ccccc1. The number of thiocarbonyl (C=S) groups is 1. The Labute approximate surface area is 145 Å². The molecule has 0 spiro atoms. The Morgan fingerprint density at radius 2 is 1.96 bits per heavy atom. The highest BCUT2D eigenvalue weighted by Gasteiger charge is 2.20. The summed E-state index contributed by atoms with van der Waals surface area (Å²) in [5.41, 5.74) is 0.671. The number of esters is 1. The number of nitrogens with one attached hydrogen (secondary N) is 1. The van der Waals surface area contributed by atoms with Gasteiger partial charge in [-0.1, -0.05) is 42.2 Å². The number of hydrogen-bond donors (Lipinski definition) is 1. The molecule has 0 aromatic heterocycles. The number of ether oxygens (including phenoxy) is 1. The van der Waals surface area contributed by atoms with E-state index in [0.29, 0.717) is 5.69 Å². The molecule has 124 valence electrons.